The highest BCUT2D eigenvalue weighted by Crippen LogP contribution is 2.49. The molecule has 1 saturated heterocycles. The van der Waals surface area contributed by atoms with Gasteiger partial charge in [-0.3, -0.25) is 4.79 Å². The molecule has 1 aliphatic heterocycles. The fraction of sp³-hybridized carbons (Fsp3) is 0.440. The number of nitrogens with zero attached hydrogens (tertiary/aromatic N) is 4. The Balaban J connectivity index is 1.27. The second kappa shape index (κ2) is 9.21. The van der Waals surface area contributed by atoms with Crippen LogP contribution in [0, 0.1) is 5.92 Å². The summed E-state index contributed by atoms with van der Waals surface area (Å²) in [5, 5.41) is 11.2. The van der Waals surface area contributed by atoms with E-state index >= 15 is 0 Å². The number of benzene rings is 1. The van der Waals surface area contributed by atoms with E-state index in [1.54, 1.807) is 11.1 Å². The molecule has 1 unspecified atom stereocenters. The number of aromatic nitrogens is 2. The molecule has 1 saturated carbocycles. The summed E-state index contributed by atoms with van der Waals surface area (Å²) in [5.74, 6) is -4.34. The lowest BCUT2D eigenvalue weighted by Gasteiger charge is -2.36. The van der Waals surface area contributed by atoms with Crippen molar-refractivity contribution in [3.05, 3.63) is 48.8 Å². The number of piperazine rings is 1. The topological polar surface area (TPSA) is 64.9 Å². The maximum Gasteiger partial charge on any atom is 0.260 e. The largest absolute Gasteiger partial charge is 0.384 e. The molecule has 34 heavy (non-hydrogen) atoms. The summed E-state index contributed by atoms with van der Waals surface area (Å²) in [4.78, 5) is 16.1. The van der Waals surface area contributed by atoms with E-state index in [4.69, 9.17) is 0 Å². The quantitative estimate of drug-likeness (QED) is 0.497. The highest BCUT2D eigenvalue weighted by molar-refractivity contribution is 5.84. The molecule has 2 fully saturated rings. The normalized spacial score (nSPS) is 19.4. The van der Waals surface area contributed by atoms with E-state index in [1.165, 1.54) is 0 Å². The smallest absolute Gasteiger partial charge is 0.260 e. The van der Waals surface area contributed by atoms with Gasteiger partial charge in [-0.05, 0) is 36.4 Å². The van der Waals surface area contributed by atoms with Gasteiger partial charge in [-0.25, -0.2) is 13.3 Å². The summed E-state index contributed by atoms with van der Waals surface area (Å²) < 4.78 is 28.5. The molecule has 1 aromatic carbocycles. The summed E-state index contributed by atoms with van der Waals surface area (Å²) in [5.41, 5.74) is 5.28. The molecule has 7 nitrogen and oxygen atoms in total. The Bertz CT molecular complexity index is 1150. The van der Waals surface area contributed by atoms with Gasteiger partial charge in [0.15, 0.2) is 0 Å². The zero-order valence-corrected chi connectivity index (χ0v) is 19.3. The average molecular weight is 469 g/mol. The van der Waals surface area contributed by atoms with Crippen LogP contribution in [0.4, 0.5) is 20.2 Å². The van der Waals surface area contributed by atoms with Gasteiger partial charge in [-0.15, -0.1) is 0 Å². The number of rotatable bonds is 8. The van der Waals surface area contributed by atoms with Crippen molar-refractivity contribution in [2.24, 2.45) is 5.92 Å². The van der Waals surface area contributed by atoms with Gasteiger partial charge in [-0.1, -0.05) is 19.1 Å². The van der Waals surface area contributed by atoms with Gasteiger partial charge >= 0.3 is 0 Å². The second-order valence-electron chi connectivity index (χ2n) is 8.96. The van der Waals surface area contributed by atoms with Crippen molar-refractivity contribution < 1.29 is 13.6 Å². The van der Waals surface area contributed by atoms with Crippen LogP contribution in [0.25, 0.3) is 16.6 Å². The van der Waals surface area contributed by atoms with E-state index in [1.807, 2.05) is 16.8 Å². The number of alkyl halides is 2. The van der Waals surface area contributed by atoms with Gasteiger partial charge in [0.1, 0.15) is 5.92 Å². The van der Waals surface area contributed by atoms with Crippen LogP contribution in [0.15, 0.2) is 48.8 Å². The monoisotopic (exact) mass is 468 g/mol. The molecule has 9 heteroatoms. The lowest BCUT2D eigenvalue weighted by molar-refractivity contribution is -0.135. The van der Waals surface area contributed by atoms with Crippen LogP contribution >= 0.6 is 0 Å². The molecule has 2 aromatic heterocycles. The summed E-state index contributed by atoms with van der Waals surface area (Å²) in [6, 6.07) is 12.5. The van der Waals surface area contributed by atoms with Gasteiger partial charge in [0.25, 0.3) is 5.92 Å². The van der Waals surface area contributed by atoms with E-state index in [-0.39, 0.29) is 6.42 Å². The maximum atomic E-state index is 13.3. The number of anilines is 2. The van der Waals surface area contributed by atoms with Gasteiger partial charge < -0.3 is 20.4 Å². The van der Waals surface area contributed by atoms with E-state index in [0.29, 0.717) is 26.2 Å². The lowest BCUT2D eigenvalue weighted by atomic mass is 10.1. The number of amides is 1. The summed E-state index contributed by atoms with van der Waals surface area (Å²) >= 11 is 0. The van der Waals surface area contributed by atoms with Crippen LogP contribution in [0.2, 0.25) is 0 Å². The van der Waals surface area contributed by atoms with Gasteiger partial charge in [0.05, 0.1) is 11.2 Å². The minimum atomic E-state index is -2.81. The third-order valence-electron chi connectivity index (χ3n) is 6.64. The van der Waals surface area contributed by atoms with Gasteiger partial charge in [0.2, 0.25) is 5.91 Å². The molecule has 3 heterocycles. The van der Waals surface area contributed by atoms with Gasteiger partial charge in [-0.2, -0.15) is 5.10 Å². The van der Waals surface area contributed by atoms with E-state index in [2.05, 4.69) is 57.9 Å². The number of hydrogen-bond acceptors (Lipinski definition) is 5. The number of fused-ring (bicyclic) bond motifs is 1. The first-order valence-corrected chi connectivity index (χ1v) is 11.9. The molecule has 2 N–H and O–H groups in total. The number of likely N-dealkylation sites (N-methyl/N-ethyl adjacent to an activating group) is 1. The van der Waals surface area contributed by atoms with Crippen molar-refractivity contribution in [3.8, 4) is 11.1 Å². The van der Waals surface area contributed by atoms with Crippen molar-refractivity contribution in [1.82, 2.24) is 19.8 Å². The van der Waals surface area contributed by atoms with Crippen molar-refractivity contribution in [1.29, 1.82) is 0 Å². The first-order chi connectivity index (χ1) is 16.5. The van der Waals surface area contributed by atoms with Crippen LogP contribution in [0.3, 0.4) is 0 Å². The van der Waals surface area contributed by atoms with Crippen molar-refractivity contribution in [2.75, 3.05) is 56.0 Å². The third kappa shape index (κ3) is 4.57. The molecule has 0 bridgehead atoms. The molecule has 1 amide bonds. The Morgan fingerprint density at radius 1 is 1.09 bits per heavy atom. The van der Waals surface area contributed by atoms with Gasteiger partial charge in [0, 0.05) is 69.3 Å². The molecular formula is C25H30F2N6O. The predicted octanol–water partition coefficient (Wildman–Crippen LogP) is 3.33. The minimum absolute atomic E-state index is 0.308. The maximum absolute atomic E-state index is 13.3. The van der Waals surface area contributed by atoms with E-state index in [0.717, 1.165) is 47.7 Å². The number of carbonyl (C=O) groups is 1. The summed E-state index contributed by atoms with van der Waals surface area (Å²) in [7, 11) is 0. The molecular weight excluding hydrogens is 438 g/mol. The molecule has 1 aliphatic carbocycles. The molecule has 0 spiro atoms. The number of hydrogen-bond donors (Lipinski definition) is 2. The SMILES string of the molecule is CCNCCNc1ccc(-c2cc3c(N4CCN(C(=O)C5CC5(F)F)CC4)ccnn3c2)cc1. The first kappa shape index (κ1) is 22.6. The fourth-order valence-corrected chi connectivity index (χ4v) is 4.55. The summed E-state index contributed by atoms with van der Waals surface area (Å²) in [6.07, 6.45) is 3.48. The van der Waals surface area contributed by atoms with Crippen LogP contribution in [-0.4, -0.2) is 72.2 Å². The predicted molar refractivity (Wildman–Crippen MR) is 130 cm³/mol. The lowest BCUT2D eigenvalue weighted by Crippen LogP contribution is -2.49. The Morgan fingerprint density at radius 2 is 1.82 bits per heavy atom. The average Bonchev–Trinajstić information content (AvgIpc) is 3.28. The van der Waals surface area contributed by atoms with Crippen LogP contribution in [0.5, 0.6) is 0 Å². The van der Waals surface area contributed by atoms with Crippen LogP contribution in [0.1, 0.15) is 13.3 Å². The number of halogens is 2. The van der Waals surface area contributed by atoms with Crippen LogP contribution < -0.4 is 15.5 Å². The molecule has 1 atom stereocenters. The van der Waals surface area contributed by atoms with E-state index < -0.39 is 17.7 Å². The third-order valence-corrected chi connectivity index (χ3v) is 6.64. The summed E-state index contributed by atoms with van der Waals surface area (Å²) in [6.45, 7) is 6.98. The molecule has 5 rings (SSSR count). The molecule has 3 aromatic rings. The highest BCUT2D eigenvalue weighted by atomic mass is 19.3. The Hall–Kier alpha value is -3.20. The zero-order valence-electron chi connectivity index (χ0n) is 19.3. The molecule has 2 aliphatic rings. The molecule has 0 radical (unpaired) electrons. The number of nitrogens with one attached hydrogen (secondary N) is 2. The van der Waals surface area contributed by atoms with E-state index in [9.17, 15) is 13.6 Å². The van der Waals surface area contributed by atoms with Crippen LogP contribution in [-0.2, 0) is 4.79 Å². The Morgan fingerprint density at radius 3 is 2.50 bits per heavy atom. The van der Waals surface area contributed by atoms with Crippen molar-refractivity contribution >= 4 is 22.8 Å². The zero-order chi connectivity index (χ0) is 23.7. The fourth-order valence-electron chi connectivity index (χ4n) is 4.55. The Kier molecular flexibility index (Phi) is 6.12. The Labute approximate surface area is 197 Å². The minimum Gasteiger partial charge on any atom is -0.384 e. The standard InChI is InChI=1S/C25H30F2N6O/c1-2-28-9-10-29-20-5-3-18(4-6-20)19-15-23-22(7-8-30-33(23)17-19)31-11-13-32(14-12-31)24(34)21-16-25(21,26)27/h3-8,15,17,21,28-29H,2,9-14,16H2,1H3. The van der Waals surface area contributed by atoms with Crippen molar-refractivity contribution in [3.63, 3.8) is 0 Å². The second-order valence-corrected chi connectivity index (χ2v) is 8.96. The first-order valence-electron chi connectivity index (χ1n) is 11.9. The molecule has 180 valence electrons. The number of carbonyl (C=O) groups excluding carboxylic acids is 1. The highest BCUT2D eigenvalue weighted by Gasteiger charge is 2.62. The van der Waals surface area contributed by atoms with Crippen molar-refractivity contribution in [2.45, 2.75) is 19.3 Å².